The molecule has 35 heavy (non-hydrogen) atoms. The Morgan fingerprint density at radius 2 is 1.29 bits per heavy atom. The molecule has 0 N–H and O–H groups in total. The van der Waals surface area contributed by atoms with Crippen molar-refractivity contribution in [1.29, 1.82) is 0 Å². The first-order chi connectivity index (χ1) is 17.0. The van der Waals surface area contributed by atoms with Crippen LogP contribution in [0.1, 0.15) is 79.1 Å². The van der Waals surface area contributed by atoms with Crippen molar-refractivity contribution in [3.8, 4) is 22.6 Å². The number of hydrogen-bond donors (Lipinski definition) is 0. The molecular formula is C30H44O5. The maximum absolute atomic E-state index is 12.0. The van der Waals surface area contributed by atoms with Crippen molar-refractivity contribution in [3.05, 3.63) is 48.5 Å². The minimum absolute atomic E-state index is 0.183. The molecule has 194 valence electrons. The zero-order valence-corrected chi connectivity index (χ0v) is 22.1. The van der Waals surface area contributed by atoms with Gasteiger partial charge in [0.05, 0.1) is 6.61 Å². The fourth-order valence-electron chi connectivity index (χ4n) is 3.60. The van der Waals surface area contributed by atoms with E-state index < -0.39 is 6.10 Å². The lowest BCUT2D eigenvalue weighted by molar-refractivity contribution is -0.158. The zero-order valence-electron chi connectivity index (χ0n) is 22.1. The Bertz CT molecular complexity index is 816. The Labute approximate surface area is 212 Å². The van der Waals surface area contributed by atoms with Crippen LogP contribution in [0.4, 0.5) is 0 Å². The standard InChI is InChI=1S/C30H44O5/c1-5-7-9-10-11-12-22-33-28-17-13-26(14-18-28)27-15-19-29(20-16-27)35-24(3)23-34-30(31)25(4)32-21-8-6-2/h13-20,24-25H,5-12,21-23H2,1-4H3. The number of rotatable bonds is 18. The first kappa shape index (κ1) is 28.7. The Morgan fingerprint density at radius 3 is 1.91 bits per heavy atom. The van der Waals surface area contributed by atoms with Crippen LogP contribution in [0.15, 0.2) is 48.5 Å². The third-order valence-corrected chi connectivity index (χ3v) is 5.80. The van der Waals surface area contributed by atoms with Gasteiger partial charge in [-0.25, -0.2) is 4.79 Å². The molecule has 0 aromatic heterocycles. The minimum Gasteiger partial charge on any atom is -0.494 e. The van der Waals surface area contributed by atoms with E-state index in [1.54, 1.807) is 6.92 Å². The monoisotopic (exact) mass is 484 g/mol. The summed E-state index contributed by atoms with van der Waals surface area (Å²) in [6.07, 6.45) is 8.74. The van der Waals surface area contributed by atoms with Crippen LogP contribution in [0.5, 0.6) is 11.5 Å². The predicted molar refractivity (Wildman–Crippen MR) is 142 cm³/mol. The van der Waals surface area contributed by atoms with Crippen molar-refractivity contribution in [1.82, 2.24) is 0 Å². The molecule has 0 spiro atoms. The van der Waals surface area contributed by atoms with Gasteiger partial charge in [0.2, 0.25) is 0 Å². The zero-order chi connectivity index (χ0) is 25.3. The molecule has 0 aliphatic carbocycles. The van der Waals surface area contributed by atoms with Crippen LogP contribution in [0, 0.1) is 0 Å². The van der Waals surface area contributed by atoms with Crippen molar-refractivity contribution in [3.63, 3.8) is 0 Å². The van der Waals surface area contributed by atoms with Gasteiger partial charge in [0, 0.05) is 6.61 Å². The molecule has 2 aromatic carbocycles. The van der Waals surface area contributed by atoms with Gasteiger partial charge in [0.15, 0.2) is 6.10 Å². The van der Waals surface area contributed by atoms with Crippen molar-refractivity contribution >= 4 is 5.97 Å². The second kappa shape index (κ2) is 17.0. The van der Waals surface area contributed by atoms with Crippen molar-refractivity contribution in [2.24, 2.45) is 0 Å². The highest BCUT2D eigenvalue weighted by molar-refractivity contribution is 5.74. The Kier molecular flexibility index (Phi) is 13.9. The molecule has 0 heterocycles. The maximum atomic E-state index is 12.0. The molecule has 0 bridgehead atoms. The largest absolute Gasteiger partial charge is 0.494 e. The molecule has 2 rings (SSSR count). The number of carbonyl (C=O) groups excluding carboxylic acids is 1. The molecule has 0 saturated carbocycles. The quantitative estimate of drug-likeness (QED) is 0.161. The van der Waals surface area contributed by atoms with E-state index in [1.807, 2.05) is 43.3 Å². The van der Waals surface area contributed by atoms with Gasteiger partial charge in [-0.3, -0.25) is 0 Å². The first-order valence-electron chi connectivity index (χ1n) is 13.3. The van der Waals surface area contributed by atoms with Gasteiger partial charge in [0.25, 0.3) is 0 Å². The summed E-state index contributed by atoms with van der Waals surface area (Å²) in [7, 11) is 0. The normalized spacial score (nSPS) is 12.7. The molecular weight excluding hydrogens is 440 g/mol. The molecule has 2 atom stereocenters. The highest BCUT2D eigenvalue weighted by Crippen LogP contribution is 2.25. The number of carbonyl (C=O) groups is 1. The lowest BCUT2D eigenvalue weighted by Crippen LogP contribution is -2.28. The van der Waals surface area contributed by atoms with Crippen LogP contribution >= 0.6 is 0 Å². The summed E-state index contributed by atoms with van der Waals surface area (Å²) in [6, 6.07) is 16.2. The number of hydrogen-bond acceptors (Lipinski definition) is 5. The predicted octanol–water partition coefficient (Wildman–Crippen LogP) is 7.61. The minimum atomic E-state index is -0.555. The molecule has 0 amide bonds. The molecule has 2 unspecified atom stereocenters. The van der Waals surface area contributed by atoms with Crippen LogP contribution in [-0.2, 0) is 14.3 Å². The maximum Gasteiger partial charge on any atom is 0.335 e. The third kappa shape index (κ3) is 11.6. The summed E-state index contributed by atoms with van der Waals surface area (Å²) in [4.78, 5) is 12.0. The van der Waals surface area contributed by atoms with Gasteiger partial charge in [-0.2, -0.15) is 0 Å². The van der Waals surface area contributed by atoms with Gasteiger partial charge >= 0.3 is 5.97 Å². The van der Waals surface area contributed by atoms with E-state index in [4.69, 9.17) is 18.9 Å². The van der Waals surface area contributed by atoms with E-state index in [1.165, 1.54) is 32.1 Å². The van der Waals surface area contributed by atoms with E-state index in [9.17, 15) is 4.79 Å². The number of ether oxygens (including phenoxy) is 4. The third-order valence-electron chi connectivity index (χ3n) is 5.80. The first-order valence-corrected chi connectivity index (χ1v) is 13.3. The molecule has 0 aliphatic heterocycles. The summed E-state index contributed by atoms with van der Waals surface area (Å²) < 4.78 is 22.6. The second-order valence-corrected chi connectivity index (χ2v) is 9.09. The summed E-state index contributed by atoms with van der Waals surface area (Å²) in [5.41, 5.74) is 2.24. The fourth-order valence-corrected chi connectivity index (χ4v) is 3.60. The highest BCUT2D eigenvalue weighted by Gasteiger charge is 2.16. The Hall–Kier alpha value is -2.53. The molecule has 2 aromatic rings. The van der Waals surface area contributed by atoms with Gasteiger partial charge < -0.3 is 18.9 Å². The SMILES string of the molecule is CCCCCCCCOc1ccc(-c2ccc(OC(C)COC(=O)C(C)OCCCC)cc2)cc1. The summed E-state index contributed by atoms with van der Waals surface area (Å²) >= 11 is 0. The van der Waals surface area contributed by atoms with E-state index in [0.29, 0.717) is 6.61 Å². The van der Waals surface area contributed by atoms with Crippen molar-refractivity contribution in [2.45, 2.75) is 91.3 Å². The van der Waals surface area contributed by atoms with Crippen molar-refractivity contribution < 1.29 is 23.7 Å². The Morgan fingerprint density at radius 1 is 0.714 bits per heavy atom. The lowest BCUT2D eigenvalue weighted by atomic mass is 10.1. The topological polar surface area (TPSA) is 54.0 Å². The van der Waals surface area contributed by atoms with E-state index >= 15 is 0 Å². The van der Waals surface area contributed by atoms with Gasteiger partial charge in [-0.15, -0.1) is 0 Å². The summed E-state index contributed by atoms with van der Waals surface area (Å²) in [5, 5.41) is 0. The molecule has 0 saturated heterocycles. The molecule has 5 nitrogen and oxygen atoms in total. The van der Waals surface area contributed by atoms with Crippen LogP contribution in [0.2, 0.25) is 0 Å². The van der Waals surface area contributed by atoms with Crippen LogP contribution in [-0.4, -0.2) is 38.0 Å². The number of esters is 1. The van der Waals surface area contributed by atoms with E-state index in [0.717, 1.165) is 48.5 Å². The molecule has 0 aliphatic rings. The van der Waals surface area contributed by atoms with Crippen LogP contribution in [0.3, 0.4) is 0 Å². The average molecular weight is 485 g/mol. The van der Waals surface area contributed by atoms with Crippen LogP contribution in [0.25, 0.3) is 11.1 Å². The number of unbranched alkanes of at least 4 members (excludes halogenated alkanes) is 6. The molecule has 0 radical (unpaired) electrons. The number of benzene rings is 2. The smallest absolute Gasteiger partial charge is 0.335 e. The summed E-state index contributed by atoms with van der Waals surface area (Å²) in [6.45, 7) is 9.45. The summed E-state index contributed by atoms with van der Waals surface area (Å²) in [5.74, 6) is 1.30. The molecule has 0 fully saturated rings. The van der Waals surface area contributed by atoms with Crippen LogP contribution < -0.4 is 9.47 Å². The molecule has 5 heteroatoms. The van der Waals surface area contributed by atoms with E-state index in [-0.39, 0.29) is 18.7 Å². The van der Waals surface area contributed by atoms with Gasteiger partial charge in [-0.05, 0) is 62.1 Å². The van der Waals surface area contributed by atoms with E-state index in [2.05, 4.69) is 26.0 Å². The van der Waals surface area contributed by atoms with Gasteiger partial charge in [0.1, 0.15) is 24.2 Å². The second-order valence-electron chi connectivity index (χ2n) is 9.09. The average Bonchev–Trinajstić information content (AvgIpc) is 2.87. The highest BCUT2D eigenvalue weighted by atomic mass is 16.6. The Balaban J connectivity index is 1.72. The van der Waals surface area contributed by atoms with Gasteiger partial charge in [-0.1, -0.05) is 76.6 Å². The fraction of sp³-hybridized carbons (Fsp3) is 0.567. The van der Waals surface area contributed by atoms with Crippen molar-refractivity contribution in [2.75, 3.05) is 19.8 Å². The lowest BCUT2D eigenvalue weighted by Gasteiger charge is -2.17.